The molecule has 1 N–H and O–H groups in total. The number of morpholine rings is 1. The van der Waals surface area contributed by atoms with Crippen molar-refractivity contribution >= 4 is 0 Å². The highest BCUT2D eigenvalue weighted by atomic mass is 16.5. The van der Waals surface area contributed by atoms with Gasteiger partial charge in [-0.3, -0.25) is 4.90 Å². The topological polar surface area (TPSA) is 41.9 Å². The van der Waals surface area contributed by atoms with Crippen LogP contribution in [0.1, 0.15) is 43.2 Å². The maximum absolute atomic E-state index is 12.1. The first-order valence-electron chi connectivity index (χ1n) is 10.4. The second-order valence-corrected chi connectivity index (χ2v) is 7.63. The Morgan fingerprint density at radius 2 is 1.75 bits per heavy atom. The third-order valence-corrected chi connectivity index (χ3v) is 5.82. The van der Waals surface area contributed by atoms with Crippen molar-refractivity contribution < 1.29 is 14.6 Å². The molecule has 2 aromatic carbocycles. The van der Waals surface area contributed by atoms with Crippen LogP contribution in [0.5, 0.6) is 5.75 Å². The number of rotatable bonds is 9. The Kier molecular flexibility index (Phi) is 7.49. The molecule has 4 heteroatoms. The van der Waals surface area contributed by atoms with Gasteiger partial charge in [-0.2, -0.15) is 0 Å². The molecular weight excluding hydrogens is 350 g/mol. The number of unbranched alkanes of at least 4 members (excludes halogenated alkanes) is 1. The zero-order valence-corrected chi connectivity index (χ0v) is 17.1. The van der Waals surface area contributed by atoms with Crippen LogP contribution in [0.4, 0.5) is 0 Å². The van der Waals surface area contributed by atoms with Crippen LogP contribution in [0.25, 0.3) is 0 Å². The van der Waals surface area contributed by atoms with Gasteiger partial charge in [-0.05, 0) is 29.7 Å². The lowest BCUT2D eigenvalue weighted by atomic mass is 9.74. The summed E-state index contributed by atoms with van der Waals surface area (Å²) in [6, 6.07) is 18.4. The number of aliphatic hydroxyl groups is 1. The number of methoxy groups -OCH3 is 1. The Balaban J connectivity index is 1.98. The van der Waals surface area contributed by atoms with Crippen LogP contribution in [0.2, 0.25) is 0 Å². The van der Waals surface area contributed by atoms with Gasteiger partial charge in [0, 0.05) is 25.6 Å². The van der Waals surface area contributed by atoms with Crippen LogP contribution in [0.3, 0.4) is 0 Å². The molecule has 28 heavy (non-hydrogen) atoms. The fraction of sp³-hybridized carbons (Fsp3) is 0.500. The highest BCUT2D eigenvalue weighted by Gasteiger charge is 2.40. The van der Waals surface area contributed by atoms with Gasteiger partial charge in [0.1, 0.15) is 5.75 Å². The predicted molar refractivity (Wildman–Crippen MR) is 113 cm³/mol. The minimum absolute atomic E-state index is 0.00764. The summed E-state index contributed by atoms with van der Waals surface area (Å²) in [6.45, 7) is 6.34. The molecule has 0 spiro atoms. The monoisotopic (exact) mass is 383 g/mol. The fourth-order valence-corrected chi connectivity index (χ4v) is 4.11. The van der Waals surface area contributed by atoms with E-state index < -0.39 is 5.60 Å². The van der Waals surface area contributed by atoms with Crippen molar-refractivity contribution in [2.24, 2.45) is 0 Å². The van der Waals surface area contributed by atoms with E-state index in [1.165, 1.54) is 5.56 Å². The molecule has 0 amide bonds. The van der Waals surface area contributed by atoms with E-state index in [1.807, 2.05) is 30.3 Å². The normalized spacial score (nSPS) is 18.4. The molecule has 4 nitrogen and oxygen atoms in total. The van der Waals surface area contributed by atoms with E-state index in [9.17, 15) is 5.11 Å². The van der Waals surface area contributed by atoms with Gasteiger partial charge in [0.25, 0.3) is 0 Å². The van der Waals surface area contributed by atoms with Crippen LogP contribution in [0.15, 0.2) is 54.6 Å². The van der Waals surface area contributed by atoms with Crippen LogP contribution < -0.4 is 4.74 Å². The van der Waals surface area contributed by atoms with Gasteiger partial charge >= 0.3 is 0 Å². The molecule has 1 aliphatic heterocycles. The maximum atomic E-state index is 12.1. The van der Waals surface area contributed by atoms with Crippen molar-refractivity contribution in [2.75, 3.05) is 40.0 Å². The molecule has 1 fully saturated rings. The van der Waals surface area contributed by atoms with Gasteiger partial charge in [-0.25, -0.2) is 0 Å². The zero-order chi connectivity index (χ0) is 19.8. The summed E-state index contributed by atoms with van der Waals surface area (Å²) in [5, 5.41) is 12.1. The molecule has 0 saturated carbocycles. The van der Waals surface area contributed by atoms with E-state index in [4.69, 9.17) is 9.47 Å². The Hall–Kier alpha value is -1.88. The smallest absolute Gasteiger partial charge is 0.118 e. The van der Waals surface area contributed by atoms with Crippen LogP contribution in [-0.4, -0.2) is 50.0 Å². The molecule has 0 aromatic heterocycles. The average molecular weight is 384 g/mol. The van der Waals surface area contributed by atoms with Gasteiger partial charge in [0.2, 0.25) is 0 Å². The second-order valence-electron chi connectivity index (χ2n) is 7.63. The van der Waals surface area contributed by atoms with Crippen molar-refractivity contribution in [1.29, 1.82) is 0 Å². The Morgan fingerprint density at radius 1 is 1.07 bits per heavy atom. The van der Waals surface area contributed by atoms with Crippen molar-refractivity contribution in [3.8, 4) is 5.75 Å². The summed E-state index contributed by atoms with van der Waals surface area (Å²) in [5.41, 5.74) is 1.22. The summed E-state index contributed by atoms with van der Waals surface area (Å²) in [6.07, 6.45) is 2.77. The minimum Gasteiger partial charge on any atom is -0.497 e. The zero-order valence-electron chi connectivity index (χ0n) is 17.1. The number of hydrogen-bond donors (Lipinski definition) is 1. The van der Waals surface area contributed by atoms with E-state index >= 15 is 0 Å². The third-order valence-electron chi connectivity index (χ3n) is 5.82. The van der Waals surface area contributed by atoms with Crippen molar-refractivity contribution in [3.63, 3.8) is 0 Å². The molecule has 0 bridgehead atoms. The highest BCUT2D eigenvalue weighted by Crippen LogP contribution is 2.42. The lowest BCUT2D eigenvalue weighted by Crippen LogP contribution is -2.45. The fourth-order valence-electron chi connectivity index (χ4n) is 4.11. The quantitative estimate of drug-likeness (QED) is 0.705. The van der Waals surface area contributed by atoms with Gasteiger partial charge in [0.15, 0.2) is 0 Å². The number of benzene rings is 2. The molecule has 0 unspecified atom stereocenters. The molecular formula is C24H33NO3. The summed E-state index contributed by atoms with van der Waals surface area (Å²) >= 11 is 0. The van der Waals surface area contributed by atoms with E-state index in [2.05, 4.69) is 36.1 Å². The predicted octanol–water partition coefficient (Wildman–Crippen LogP) is 4.19. The van der Waals surface area contributed by atoms with Crippen molar-refractivity contribution in [3.05, 3.63) is 65.7 Å². The van der Waals surface area contributed by atoms with E-state index in [-0.39, 0.29) is 5.92 Å². The Morgan fingerprint density at radius 3 is 2.36 bits per heavy atom. The molecule has 1 heterocycles. The molecule has 2 atom stereocenters. The van der Waals surface area contributed by atoms with E-state index in [0.717, 1.165) is 63.4 Å². The van der Waals surface area contributed by atoms with Crippen LogP contribution in [0, 0.1) is 0 Å². The highest BCUT2D eigenvalue weighted by molar-refractivity contribution is 5.35. The number of nitrogens with zero attached hydrogens (tertiary/aromatic N) is 1. The van der Waals surface area contributed by atoms with E-state index in [0.29, 0.717) is 0 Å². The number of ether oxygens (including phenoxy) is 2. The first-order valence-corrected chi connectivity index (χ1v) is 10.4. The largest absolute Gasteiger partial charge is 0.497 e. The Bertz CT molecular complexity index is 698. The summed E-state index contributed by atoms with van der Waals surface area (Å²) in [4.78, 5) is 2.42. The molecule has 1 aliphatic rings. The standard InChI is InChI=1S/C24H33NO3/c1-3-4-14-24(26,21-10-12-22(27-2)13-11-21)23(20-8-6-5-7-9-20)19-25-15-17-28-18-16-25/h5-13,23,26H,3-4,14-19H2,1-2H3/t23-,24+/m1/s1. The first-order chi connectivity index (χ1) is 13.7. The van der Waals surface area contributed by atoms with Crippen LogP contribution in [-0.2, 0) is 10.3 Å². The molecule has 0 aliphatic carbocycles. The first kappa shape index (κ1) is 20.8. The molecule has 2 aromatic rings. The Labute approximate surface area is 169 Å². The maximum Gasteiger partial charge on any atom is 0.118 e. The second kappa shape index (κ2) is 10.1. The van der Waals surface area contributed by atoms with Crippen molar-refractivity contribution in [1.82, 2.24) is 4.90 Å². The summed E-state index contributed by atoms with van der Waals surface area (Å²) in [7, 11) is 1.67. The lowest BCUT2D eigenvalue weighted by molar-refractivity contribution is -0.0293. The minimum atomic E-state index is -0.929. The summed E-state index contributed by atoms with van der Waals surface area (Å²) < 4.78 is 10.9. The molecule has 3 rings (SSSR count). The summed E-state index contributed by atoms with van der Waals surface area (Å²) in [5.74, 6) is 0.803. The average Bonchev–Trinajstić information content (AvgIpc) is 2.77. The van der Waals surface area contributed by atoms with Gasteiger partial charge in [-0.1, -0.05) is 62.2 Å². The number of hydrogen-bond acceptors (Lipinski definition) is 4. The van der Waals surface area contributed by atoms with Crippen LogP contribution >= 0.6 is 0 Å². The molecule has 1 saturated heterocycles. The van der Waals surface area contributed by atoms with Gasteiger partial charge < -0.3 is 14.6 Å². The SMILES string of the molecule is CCCC[C@](O)(c1ccc(OC)cc1)[C@H](CN1CCOCC1)c1ccccc1. The molecule has 0 radical (unpaired) electrons. The third kappa shape index (κ3) is 4.93. The van der Waals surface area contributed by atoms with E-state index in [1.54, 1.807) is 7.11 Å². The molecule has 152 valence electrons. The van der Waals surface area contributed by atoms with Crippen molar-refractivity contribution in [2.45, 2.75) is 37.7 Å². The lowest BCUT2D eigenvalue weighted by Gasteiger charge is -2.41. The van der Waals surface area contributed by atoms with Gasteiger partial charge in [0.05, 0.1) is 25.9 Å². The van der Waals surface area contributed by atoms with Gasteiger partial charge in [-0.15, -0.1) is 0 Å².